The van der Waals surface area contributed by atoms with E-state index in [2.05, 4.69) is 12.7 Å². The molecule has 0 aromatic heterocycles. The molecule has 1 rings (SSSR count). The first-order valence-corrected chi connectivity index (χ1v) is 5.52. The summed E-state index contributed by atoms with van der Waals surface area (Å²) in [5.41, 5.74) is 5.37. The molecule has 0 bridgehead atoms. The van der Waals surface area contributed by atoms with Gasteiger partial charge in [0, 0.05) is 18.5 Å². The molecule has 1 aliphatic rings. The van der Waals surface area contributed by atoms with E-state index in [1.54, 1.807) is 4.90 Å². The molecule has 2 atom stereocenters. The Hall–Kier alpha value is -1.25. The molecule has 0 aromatic rings. The van der Waals surface area contributed by atoms with Crippen molar-refractivity contribution in [3.63, 3.8) is 0 Å². The summed E-state index contributed by atoms with van der Waals surface area (Å²) in [6.07, 6.45) is 9.21. The number of urea groups is 1. The zero-order chi connectivity index (χ0) is 11.3. The number of primary amides is 1. The quantitative estimate of drug-likeness (QED) is 0.711. The molecule has 84 valence electrons. The van der Waals surface area contributed by atoms with Crippen LogP contribution in [0.4, 0.5) is 4.79 Å². The van der Waals surface area contributed by atoms with E-state index in [0.29, 0.717) is 0 Å². The first kappa shape index (κ1) is 11.8. The molecule has 1 aliphatic heterocycles. The normalized spacial score (nSPS) is 24.1. The van der Waals surface area contributed by atoms with Crippen LogP contribution < -0.4 is 5.73 Å². The van der Waals surface area contributed by atoms with Crippen molar-refractivity contribution >= 4 is 6.03 Å². The summed E-state index contributed by atoms with van der Waals surface area (Å²) in [6.45, 7) is 6.58. The number of allylic oxidation sites excluding steroid dienone is 1. The molecular weight excluding hydrogens is 188 g/mol. The predicted octanol–water partition coefficient (Wildman–Crippen LogP) is 2.30. The van der Waals surface area contributed by atoms with Crippen molar-refractivity contribution in [2.45, 2.75) is 32.2 Å². The maximum absolute atomic E-state index is 11.3. The summed E-state index contributed by atoms with van der Waals surface area (Å²) in [4.78, 5) is 13.1. The highest BCUT2D eigenvalue weighted by molar-refractivity contribution is 5.72. The Morgan fingerprint density at radius 2 is 2.33 bits per heavy atom. The van der Waals surface area contributed by atoms with E-state index in [1.807, 2.05) is 19.1 Å². The van der Waals surface area contributed by atoms with E-state index in [0.717, 1.165) is 25.8 Å². The van der Waals surface area contributed by atoms with Gasteiger partial charge in [-0.2, -0.15) is 0 Å². The summed E-state index contributed by atoms with van der Waals surface area (Å²) in [7, 11) is 0. The number of piperidine rings is 1. The highest BCUT2D eigenvalue weighted by atomic mass is 16.2. The van der Waals surface area contributed by atoms with Crippen LogP contribution in [-0.4, -0.2) is 23.5 Å². The molecule has 0 radical (unpaired) electrons. The highest BCUT2D eigenvalue weighted by Gasteiger charge is 2.28. The fraction of sp³-hybridized carbons (Fsp3) is 0.583. The minimum Gasteiger partial charge on any atom is -0.351 e. The Morgan fingerprint density at radius 3 is 2.87 bits per heavy atom. The monoisotopic (exact) mass is 208 g/mol. The average Bonchev–Trinajstić information content (AvgIpc) is 2.26. The lowest BCUT2D eigenvalue weighted by atomic mass is 9.90. The second kappa shape index (κ2) is 5.59. The summed E-state index contributed by atoms with van der Waals surface area (Å²) >= 11 is 0. The number of amides is 2. The van der Waals surface area contributed by atoms with E-state index in [9.17, 15) is 4.79 Å². The van der Waals surface area contributed by atoms with Crippen LogP contribution in [0.25, 0.3) is 0 Å². The Bertz CT molecular complexity index is 260. The Labute approximate surface area is 91.6 Å². The Kier molecular flexibility index (Phi) is 4.40. The van der Waals surface area contributed by atoms with E-state index in [4.69, 9.17) is 5.73 Å². The number of carbonyl (C=O) groups excluding carboxylic acids is 1. The lowest BCUT2D eigenvalue weighted by Crippen LogP contribution is -2.49. The number of likely N-dealkylation sites (tertiary alicyclic amines) is 1. The molecule has 0 saturated carbocycles. The number of carbonyl (C=O) groups is 1. The van der Waals surface area contributed by atoms with Crippen LogP contribution in [-0.2, 0) is 0 Å². The smallest absolute Gasteiger partial charge is 0.315 e. The molecule has 2 unspecified atom stereocenters. The van der Waals surface area contributed by atoms with Crippen molar-refractivity contribution in [3.05, 3.63) is 24.8 Å². The van der Waals surface area contributed by atoms with E-state index in [-0.39, 0.29) is 18.0 Å². The van der Waals surface area contributed by atoms with Gasteiger partial charge in [0.15, 0.2) is 0 Å². The minimum absolute atomic E-state index is 0.199. The van der Waals surface area contributed by atoms with Gasteiger partial charge in [-0.05, 0) is 26.2 Å². The van der Waals surface area contributed by atoms with Gasteiger partial charge in [0.05, 0.1) is 0 Å². The van der Waals surface area contributed by atoms with Crippen LogP contribution in [0, 0.1) is 5.92 Å². The van der Waals surface area contributed by atoms with Gasteiger partial charge in [-0.3, -0.25) is 0 Å². The summed E-state index contributed by atoms with van der Waals surface area (Å²) in [5, 5.41) is 0. The molecule has 15 heavy (non-hydrogen) atoms. The predicted molar refractivity (Wildman–Crippen MR) is 62.4 cm³/mol. The van der Waals surface area contributed by atoms with Gasteiger partial charge < -0.3 is 10.6 Å². The number of nitrogens with zero attached hydrogens (tertiary/aromatic N) is 1. The molecule has 1 heterocycles. The molecule has 2 N–H and O–H groups in total. The topological polar surface area (TPSA) is 46.3 Å². The third-order valence-electron chi connectivity index (χ3n) is 2.96. The summed E-state index contributed by atoms with van der Waals surface area (Å²) < 4.78 is 0. The van der Waals surface area contributed by atoms with Gasteiger partial charge in [-0.15, -0.1) is 6.58 Å². The molecule has 3 nitrogen and oxygen atoms in total. The molecular formula is C12H20N2O. The van der Waals surface area contributed by atoms with Crippen LogP contribution >= 0.6 is 0 Å². The van der Waals surface area contributed by atoms with Crippen LogP contribution in [0.5, 0.6) is 0 Å². The lowest BCUT2D eigenvalue weighted by Gasteiger charge is -2.37. The molecule has 2 amide bonds. The molecule has 0 aromatic carbocycles. The van der Waals surface area contributed by atoms with Crippen molar-refractivity contribution in [3.8, 4) is 0 Å². The lowest BCUT2D eigenvalue weighted by molar-refractivity contribution is 0.147. The fourth-order valence-electron chi connectivity index (χ4n) is 2.22. The molecule has 1 fully saturated rings. The van der Waals surface area contributed by atoms with Crippen molar-refractivity contribution in [1.29, 1.82) is 0 Å². The fourth-order valence-corrected chi connectivity index (χ4v) is 2.22. The number of hydrogen-bond acceptors (Lipinski definition) is 1. The largest absolute Gasteiger partial charge is 0.351 e. The van der Waals surface area contributed by atoms with Gasteiger partial charge in [-0.25, -0.2) is 4.79 Å². The standard InChI is InChI=1S/C12H20N2O/c1-3-7-10(4-2)11-8-5-6-9-14(11)12(13)15/h3-4,7,10-11H,2,5-6,8-9H2,1H3,(H2,13,15)/b7-3+. The molecule has 1 saturated heterocycles. The van der Waals surface area contributed by atoms with Crippen LogP contribution in [0.3, 0.4) is 0 Å². The zero-order valence-electron chi connectivity index (χ0n) is 9.36. The summed E-state index contributed by atoms with van der Waals surface area (Å²) in [5.74, 6) is 0.225. The average molecular weight is 208 g/mol. The van der Waals surface area contributed by atoms with Crippen molar-refractivity contribution < 1.29 is 4.79 Å². The first-order chi connectivity index (χ1) is 7.20. The van der Waals surface area contributed by atoms with Crippen molar-refractivity contribution in [2.24, 2.45) is 11.7 Å². The van der Waals surface area contributed by atoms with Gasteiger partial charge >= 0.3 is 6.03 Å². The van der Waals surface area contributed by atoms with E-state index < -0.39 is 0 Å². The zero-order valence-corrected chi connectivity index (χ0v) is 9.36. The second-order valence-electron chi connectivity index (χ2n) is 3.93. The number of nitrogens with two attached hydrogens (primary N) is 1. The van der Waals surface area contributed by atoms with Crippen LogP contribution in [0.1, 0.15) is 26.2 Å². The first-order valence-electron chi connectivity index (χ1n) is 5.52. The van der Waals surface area contributed by atoms with E-state index in [1.165, 1.54) is 0 Å². The van der Waals surface area contributed by atoms with Gasteiger partial charge in [0.1, 0.15) is 0 Å². The third kappa shape index (κ3) is 2.85. The Morgan fingerprint density at radius 1 is 1.60 bits per heavy atom. The van der Waals surface area contributed by atoms with Gasteiger partial charge in [0.2, 0.25) is 0 Å². The van der Waals surface area contributed by atoms with E-state index >= 15 is 0 Å². The van der Waals surface area contributed by atoms with Gasteiger partial charge in [0.25, 0.3) is 0 Å². The molecule has 3 heteroatoms. The number of hydrogen-bond donors (Lipinski definition) is 1. The third-order valence-corrected chi connectivity index (χ3v) is 2.96. The maximum Gasteiger partial charge on any atom is 0.315 e. The second-order valence-corrected chi connectivity index (χ2v) is 3.93. The minimum atomic E-state index is -0.309. The Balaban J connectivity index is 2.77. The van der Waals surface area contributed by atoms with Crippen LogP contribution in [0.2, 0.25) is 0 Å². The maximum atomic E-state index is 11.3. The molecule has 0 aliphatic carbocycles. The SMILES string of the molecule is C=CC(/C=C/C)C1CCCCN1C(N)=O. The summed E-state index contributed by atoms with van der Waals surface area (Å²) in [6, 6.07) is -0.110. The van der Waals surface area contributed by atoms with Gasteiger partial charge in [-0.1, -0.05) is 18.2 Å². The van der Waals surface area contributed by atoms with Crippen molar-refractivity contribution in [1.82, 2.24) is 4.90 Å². The van der Waals surface area contributed by atoms with Crippen LogP contribution in [0.15, 0.2) is 24.8 Å². The highest BCUT2D eigenvalue weighted by Crippen LogP contribution is 2.24. The number of rotatable bonds is 3. The molecule has 0 spiro atoms. The van der Waals surface area contributed by atoms with Crippen molar-refractivity contribution in [2.75, 3.05) is 6.54 Å².